The summed E-state index contributed by atoms with van der Waals surface area (Å²) in [4.78, 5) is 23.5. The van der Waals surface area contributed by atoms with Crippen molar-refractivity contribution in [3.05, 3.63) is 12.2 Å². The zero-order valence-electron chi connectivity index (χ0n) is 9.14. The lowest BCUT2D eigenvalue weighted by molar-refractivity contribution is -0.221. The average molecular weight is 222 g/mol. The third kappa shape index (κ3) is 1.16. The molecule has 3 aliphatic carbocycles. The van der Waals surface area contributed by atoms with Gasteiger partial charge in [0.25, 0.3) is 0 Å². The van der Waals surface area contributed by atoms with Crippen molar-refractivity contribution in [1.29, 1.82) is 0 Å². The van der Waals surface area contributed by atoms with E-state index in [1.54, 1.807) is 6.92 Å². The van der Waals surface area contributed by atoms with Gasteiger partial charge in [-0.25, -0.2) is 9.59 Å². The molecule has 0 N–H and O–H groups in total. The van der Waals surface area contributed by atoms with Gasteiger partial charge < -0.3 is 9.47 Å². The van der Waals surface area contributed by atoms with E-state index in [1.165, 1.54) is 0 Å². The van der Waals surface area contributed by atoms with Gasteiger partial charge in [0, 0.05) is 12.3 Å². The molecule has 16 heavy (non-hydrogen) atoms. The van der Waals surface area contributed by atoms with E-state index in [4.69, 9.17) is 9.47 Å². The second-order valence-electron chi connectivity index (χ2n) is 4.89. The van der Waals surface area contributed by atoms with Gasteiger partial charge in [-0.1, -0.05) is 12.2 Å². The molecule has 2 fully saturated rings. The molecule has 0 amide bonds. The molecule has 1 spiro atoms. The predicted octanol–water partition coefficient (Wildman–Crippen LogP) is 1.20. The van der Waals surface area contributed by atoms with Crippen molar-refractivity contribution >= 4 is 11.9 Å². The molecule has 2 bridgehead atoms. The SMILES string of the molecule is CC1OC(=O)C2(CC3C=CC2CC3)OC1=O. The van der Waals surface area contributed by atoms with Gasteiger partial charge in [-0.2, -0.15) is 0 Å². The fourth-order valence-electron chi connectivity index (χ4n) is 2.94. The second-order valence-corrected chi connectivity index (χ2v) is 4.89. The maximum atomic E-state index is 12.0. The maximum absolute atomic E-state index is 12.0. The molecule has 0 radical (unpaired) electrons. The fourth-order valence-corrected chi connectivity index (χ4v) is 2.94. The first-order valence-electron chi connectivity index (χ1n) is 5.74. The largest absolute Gasteiger partial charge is 0.448 e. The van der Waals surface area contributed by atoms with E-state index in [1.807, 2.05) is 6.08 Å². The lowest BCUT2D eigenvalue weighted by atomic mass is 9.65. The summed E-state index contributed by atoms with van der Waals surface area (Å²) < 4.78 is 10.5. The Labute approximate surface area is 93.6 Å². The molecule has 4 aliphatic rings. The number of cyclic esters (lactones) is 1. The molecule has 4 heteroatoms. The molecule has 1 saturated heterocycles. The van der Waals surface area contributed by atoms with E-state index in [0.29, 0.717) is 12.3 Å². The number of rotatable bonds is 0. The van der Waals surface area contributed by atoms with Crippen molar-refractivity contribution in [2.75, 3.05) is 0 Å². The van der Waals surface area contributed by atoms with Gasteiger partial charge in [-0.3, -0.25) is 0 Å². The number of allylic oxidation sites excluding steroid dienone is 1. The molecule has 1 aliphatic heterocycles. The number of hydrogen-bond donors (Lipinski definition) is 0. The Morgan fingerprint density at radius 2 is 2.12 bits per heavy atom. The van der Waals surface area contributed by atoms with Gasteiger partial charge in [-0.15, -0.1) is 0 Å². The number of hydrogen-bond acceptors (Lipinski definition) is 4. The zero-order valence-corrected chi connectivity index (χ0v) is 9.14. The number of fused-ring (bicyclic) bond motifs is 1. The molecular weight excluding hydrogens is 208 g/mol. The predicted molar refractivity (Wildman–Crippen MR) is 54.3 cm³/mol. The van der Waals surface area contributed by atoms with Gasteiger partial charge in [0.05, 0.1) is 0 Å². The Hall–Kier alpha value is -1.32. The average Bonchev–Trinajstić information content (AvgIpc) is 2.28. The maximum Gasteiger partial charge on any atom is 0.352 e. The minimum atomic E-state index is -1.01. The van der Waals surface area contributed by atoms with Crippen LogP contribution < -0.4 is 0 Å². The highest BCUT2D eigenvalue weighted by Crippen LogP contribution is 2.47. The van der Waals surface area contributed by atoms with E-state index >= 15 is 0 Å². The van der Waals surface area contributed by atoms with Crippen LogP contribution in [-0.4, -0.2) is 23.6 Å². The molecule has 86 valence electrons. The molecular formula is C12H14O4. The summed E-state index contributed by atoms with van der Waals surface area (Å²) in [5, 5.41) is 0. The van der Waals surface area contributed by atoms with Crippen molar-refractivity contribution in [2.24, 2.45) is 11.8 Å². The van der Waals surface area contributed by atoms with Crippen molar-refractivity contribution in [3.8, 4) is 0 Å². The molecule has 0 aromatic carbocycles. The van der Waals surface area contributed by atoms with E-state index in [2.05, 4.69) is 6.08 Å². The van der Waals surface area contributed by atoms with Crippen LogP contribution in [0.15, 0.2) is 12.2 Å². The van der Waals surface area contributed by atoms with Crippen LogP contribution in [0.25, 0.3) is 0 Å². The number of carbonyl (C=O) groups excluding carboxylic acids is 2. The van der Waals surface area contributed by atoms with E-state index < -0.39 is 17.7 Å². The van der Waals surface area contributed by atoms with Crippen LogP contribution in [0.2, 0.25) is 0 Å². The minimum Gasteiger partial charge on any atom is -0.448 e. The van der Waals surface area contributed by atoms with E-state index in [9.17, 15) is 9.59 Å². The van der Waals surface area contributed by atoms with Crippen LogP contribution >= 0.6 is 0 Å². The lowest BCUT2D eigenvalue weighted by Crippen LogP contribution is -2.60. The highest BCUT2D eigenvalue weighted by molar-refractivity contribution is 5.91. The Morgan fingerprint density at radius 1 is 1.31 bits per heavy atom. The first-order chi connectivity index (χ1) is 7.62. The summed E-state index contributed by atoms with van der Waals surface area (Å²) in [6, 6.07) is 0. The Kier molecular flexibility index (Phi) is 1.91. The highest BCUT2D eigenvalue weighted by Gasteiger charge is 2.58. The first-order valence-corrected chi connectivity index (χ1v) is 5.74. The fraction of sp³-hybridized carbons (Fsp3) is 0.667. The molecule has 1 heterocycles. The number of carbonyl (C=O) groups is 2. The van der Waals surface area contributed by atoms with Crippen LogP contribution in [0, 0.1) is 11.8 Å². The summed E-state index contributed by atoms with van der Waals surface area (Å²) in [6.07, 6.45) is 5.93. The molecule has 0 aromatic rings. The topological polar surface area (TPSA) is 52.6 Å². The Bertz CT molecular complexity index is 386. The Balaban J connectivity index is 1.96. The Morgan fingerprint density at radius 3 is 2.69 bits per heavy atom. The minimum absolute atomic E-state index is 0.00134. The van der Waals surface area contributed by atoms with Crippen LogP contribution in [-0.2, 0) is 19.1 Å². The van der Waals surface area contributed by atoms with E-state index in [0.717, 1.165) is 12.8 Å². The normalized spacial score (nSPS) is 45.7. The molecule has 4 nitrogen and oxygen atoms in total. The second kappa shape index (κ2) is 3.09. The summed E-state index contributed by atoms with van der Waals surface area (Å²) in [7, 11) is 0. The van der Waals surface area contributed by atoms with Crippen LogP contribution in [0.4, 0.5) is 0 Å². The van der Waals surface area contributed by atoms with Crippen molar-refractivity contribution in [2.45, 2.75) is 37.9 Å². The summed E-state index contributed by atoms with van der Waals surface area (Å²) >= 11 is 0. The van der Waals surface area contributed by atoms with Gasteiger partial charge >= 0.3 is 11.9 Å². The standard InChI is InChI=1S/C12H14O4/c1-7-10(13)16-12(11(14)15-7)6-8-2-4-9(12)5-3-8/h2,4,7-9H,3,5-6H2,1H3. The quantitative estimate of drug-likeness (QED) is 0.456. The van der Waals surface area contributed by atoms with Crippen molar-refractivity contribution < 1.29 is 19.1 Å². The zero-order chi connectivity index (χ0) is 11.3. The van der Waals surface area contributed by atoms with Crippen molar-refractivity contribution in [3.63, 3.8) is 0 Å². The third-order valence-corrected chi connectivity index (χ3v) is 3.87. The van der Waals surface area contributed by atoms with E-state index in [-0.39, 0.29) is 11.9 Å². The van der Waals surface area contributed by atoms with Gasteiger partial charge in [0.1, 0.15) is 0 Å². The molecule has 0 aromatic heterocycles. The van der Waals surface area contributed by atoms with Crippen LogP contribution in [0.5, 0.6) is 0 Å². The van der Waals surface area contributed by atoms with Gasteiger partial charge in [-0.05, 0) is 25.7 Å². The van der Waals surface area contributed by atoms with Gasteiger partial charge in [0.15, 0.2) is 6.10 Å². The van der Waals surface area contributed by atoms with Crippen LogP contribution in [0.3, 0.4) is 0 Å². The van der Waals surface area contributed by atoms with Crippen molar-refractivity contribution in [1.82, 2.24) is 0 Å². The molecule has 4 rings (SSSR count). The molecule has 1 saturated carbocycles. The summed E-state index contributed by atoms with van der Waals surface area (Å²) in [6.45, 7) is 1.55. The number of ether oxygens (including phenoxy) is 2. The van der Waals surface area contributed by atoms with Crippen LogP contribution in [0.1, 0.15) is 26.2 Å². The first kappa shape index (κ1) is 9.87. The third-order valence-electron chi connectivity index (χ3n) is 3.87. The highest BCUT2D eigenvalue weighted by atomic mass is 16.7. The molecule has 4 unspecified atom stereocenters. The summed E-state index contributed by atoms with van der Waals surface area (Å²) in [5.74, 6) is -0.431. The van der Waals surface area contributed by atoms with Gasteiger partial charge in [0.2, 0.25) is 5.60 Å². The number of esters is 2. The smallest absolute Gasteiger partial charge is 0.352 e. The summed E-state index contributed by atoms with van der Waals surface area (Å²) in [5.41, 5.74) is -1.01. The molecule has 4 atom stereocenters. The lowest BCUT2D eigenvalue weighted by Gasteiger charge is -2.47. The monoisotopic (exact) mass is 222 g/mol.